The lowest BCUT2D eigenvalue weighted by Gasteiger charge is -2.19. The number of ether oxygens (including phenoxy) is 1. The molecule has 0 aromatic heterocycles. The molecule has 160 valence electrons. The zero-order chi connectivity index (χ0) is 21.7. The standard InChI is InChI=1S/C20H24N4O5S/c1-3-29-18-9-7-17(8-10-18)24-12-11-23(20(24)26)14-19(25)21-15-5-4-6-16(13-15)22-30(2,27)28/h4-10,13,22H,3,11-12,14H2,1-2H3,(H,21,25). The van der Waals surface area contributed by atoms with E-state index in [-0.39, 0.29) is 18.5 Å². The van der Waals surface area contributed by atoms with E-state index in [1.165, 1.54) is 11.0 Å². The maximum Gasteiger partial charge on any atom is 0.325 e. The molecule has 2 N–H and O–H groups in total. The van der Waals surface area contributed by atoms with Gasteiger partial charge in [0.1, 0.15) is 12.3 Å². The van der Waals surface area contributed by atoms with Crippen LogP contribution >= 0.6 is 0 Å². The minimum atomic E-state index is -3.42. The van der Waals surface area contributed by atoms with Crippen LogP contribution in [0.25, 0.3) is 0 Å². The largest absolute Gasteiger partial charge is 0.494 e. The molecule has 1 heterocycles. The van der Waals surface area contributed by atoms with Crippen LogP contribution in [0.2, 0.25) is 0 Å². The van der Waals surface area contributed by atoms with Crippen molar-refractivity contribution in [2.75, 3.05) is 47.4 Å². The molecule has 30 heavy (non-hydrogen) atoms. The molecule has 2 aromatic rings. The van der Waals surface area contributed by atoms with Gasteiger partial charge < -0.3 is 15.0 Å². The number of hydrogen-bond acceptors (Lipinski definition) is 5. The van der Waals surface area contributed by atoms with Gasteiger partial charge in [0, 0.05) is 24.5 Å². The molecular weight excluding hydrogens is 408 g/mol. The number of nitrogens with zero attached hydrogens (tertiary/aromatic N) is 2. The molecule has 1 aliphatic heterocycles. The topological polar surface area (TPSA) is 108 Å². The maximum absolute atomic E-state index is 12.7. The van der Waals surface area contributed by atoms with Crippen molar-refractivity contribution in [1.82, 2.24) is 4.90 Å². The zero-order valence-electron chi connectivity index (χ0n) is 16.8. The van der Waals surface area contributed by atoms with Gasteiger partial charge in [-0.1, -0.05) is 6.07 Å². The number of amides is 3. The molecule has 0 aliphatic carbocycles. The van der Waals surface area contributed by atoms with Crippen LogP contribution in [0.15, 0.2) is 48.5 Å². The second kappa shape index (κ2) is 9.04. The van der Waals surface area contributed by atoms with Gasteiger partial charge in [-0.25, -0.2) is 13.2 Å². The number of nitrogens with one attached hydrogen (secondary N) is 2. The molecule has 0 saturated carbocycles. The summed E-state index contributed by atoms with van der Waals surface area (Å²) in [7, 11) is -3.42. The first-order valence-corrected chi connectivity index (χ1v) is 11.3. The molecule has 1 fully saturated rings. The Bertz CT molecular complexity index is 1020. The number of carbonyl (C=O) groups excluding carboxylic acids is 2. The van der Waals surface area contributed by atoms with Crippen LogP contribution in [0.3, 0.4) is 0 Å². The predicted octanol–water partition coefficient (Wildman–Crippen LogP) is 2.34. The molecule has 0 unspecified atom stereocenters. The minimum Gasteiger partial charge on any atom is -0.494 e. The molecule has 3 amide bonds. The van der Waals surface area contributed by atoms with E-state index >= 15 is 0 Å². The quantitative estimate of drug-likeness (QED) is 0.666. The highest BCUT2D eigenvalue weighted by Gasteiger charge is 2.30. The van der Waals surface area contributed by atoms with Crippen molar-refractivity contribution in [2.24, 2.45) is 0 Å². The minimum absolute atomic E-state index is 0.101. The Kier molecular flexibility index (Phi) is 6.46. The number of urea groups is 1. The first-order valence-electron chi connectivity index (χ1n) is 9.42. The van der Waals surface area contributed by atoms with Gasteiger partial charge in [0.05, 0.1) is 18.6 Å². The highest BCUT2D eigenvalue weighted by molar-refractivity contribution is 7.92. The number of sulfonamides is 1. The van der Waals surface area contributed by atoms with Crippen LogP contribution < -0.4 is 19.7 Å². The molecular formula is C20H24N4O5S. The first-order chi connectivity index (χ1) is 14.2. The smallest absolute Gasteiger partial charge is 0.325 e. The highest BCUT2D eigenvalue weighted by atomic mass is 32.2. The number of hydrogen-bond donors (Lipinski definition) is 2. The summed E-state index contributed by atoms with van der Waals surface area (Å²) < 4.78 is 30.5. The van der Waals surface area contributed by atoms with Crippen LogP contribution in [0.5, 0.6) is 5.75 Å². The average Bonchev–Trinajstić information content (AvgIpc) is 3.02. The third-order valence-electron chi connectivity index (χ3n) is 4.34. The van der Waals surface area contributed by atoms with E-state index in [4.69, 9.17) is 4.74 Å². The Labute approximate surface area is 175 Å². The Hall–Kier alpha value is -3.27. The summed E-state index contributed by atoms with van der Waals surface area (Å²) in [5.74, 6) is 0.366. The summed E-state index contributed by atoms with van der Waals surface area (Å²) in [5.41, 5.74) is 1.52. The Balaban J connectivity index is 1.58. The second-order valence-electron chi connectivity index (χ2n) is 6.79. The molecule has 0 spiro atoms. The predicted molar refractivity (Wildman–Crippen MR) is 115 cm³/mol. The van der Waals surface area contributed by atoms with Crippen LogP contribution in [0, 0.1) is 0 Å². The fourth-order valence-corrected chi connectivity index (χ4v) is 3.66. The van der Waals surface area contributed by atoms with Gasteiger partial charge in [-0.15, -0.1) is 0 Å². The van der Waals surface area contributed by atoms with Crippen molar-refractivity contribution in [3.8, 4) is 5.75 Å². The van der Waals surface area contributed by atoms with Crippen LogP contribution in [0.4, 0.5) is 21.9 Å². The first kappa shape index (κ1) is 21.4. The van der Waals surface area contributed by atoms with Gasteiger partial charge in [-0.05, 0) is 49.4 Å². The van der Waals surface area contributed by atoms with Crippen molar-refractivity contribution >= 4 is 39.0 Å². The fraction of sp³-hybridized carbons (Fsp3) is 0.300. The van der Waals surface area contributed by atoms with Gasteiger partial charge >= 0.3 is 6.03 Å². The van der Waals surface area contributed by atoms with Crippen molar-refractivity contribution in [2.45, 2.75) is 6.92 Å². The Morgan fingerprint density at radius 3 is 2.47 bits per heavy atom. The van der Waals surface area contributed by atoms with E-state index in [2.05, 4.69) is 10.0 Å². The van der Waals surface area contributed by atoms with E-state index < -0.39 is 10.0 Å². The molecule has 10 heteroatoms. The van der Waals surface area contributed by atoms with Gasteiger partial charge in [-0.3, -0.25) is 14.4 Å². The molecule has 0 atom stereocenters. The normalized spacial score (nSPS) is 14.0. The molecule has 2 aromatic carbocycles. The molecule has 1 aliphatic rings. The van der Waals surface area contributed by atoms with E-state index in [1.54, 1.807) is 35.2 Å². The third-order valence-corrected chi connectivity index (χ3v) is 4.94. The number of anilines is 3. The van der Waals surface area contributed by atoms with E-state index in [1.807, 2.05) is 19.1 Å². The van der Waals surface area contributed by atoms with E-state index in [0.717, 1.165) is 17.7 Å². The van der Waals surface area contributed by atoms with Gasteiger partial charge in [0.2, 0.25) is 15.9 Å². The Morgan fingerprint density at radius 1 is 1.10 bits per heavy atom. The third kappa shape index (κ3) is 5.63. The van der Waals surface area contributed by atoms with Crippen LogP contribution in [-0.4, -0.2) is 57.8 Å². The highest BCUT2D eigenvalue weighted by Crippen LogP contribution is 2.23. The lowest BCUT2D eigenvalue weighted by Crippen LogP contribution is -2.37. The molecule has 3 rings (SSSR count). The summed E-state index contributed by atoms with van der Waals surface area (Å²) in [6.07, 6.45) is 1.05. The summed E-state index contributed by atoms with van der Waals surface area (Å²) in [5, 5.41) is 2.69. The number of benzene rings is 2. The molecule has 1 saturated heterocycles. The van der Waals surface area contributed by atoms with Crippen molar-refractivity contribution < 1.29 is 22.7 Å². The summed E-state index contributed by atoms with van der Waals surface area (Å²) in [6, 6.07) is 13.3. The second-order valence-corrected chi connectivity index (χ2v) is 8.53. The monoisotopic (exact) mass is 432 g/mol. The lowest BCUT2D eigenvalue weighted by atomic mass is 10.3. The summed E-state index contributed by atoms with van der Waals surface area (Å²) in [4.78, 5) is 28.1. The van der Waals surface area contributed by atoms with Crippen molar-refractivity contribution in [3.05, 3.63) is 48.5 Å². The number of rotatable bonds is 8. The van der Waals surface area contributed by atoms with Gasteiger partial charge in [0.15, 0.2) is 0 Å². The number of carbonyl (C=O) groups is 2. The van der Waals surface area contributed by atoms with Gasteiger partial charge in [-0.2, -0.15) is 0 Å². The fourth-order valence-electron chi connectivity index (χ4n) is 3.11. The van der Waals surface area contributed by atoms with Crippen molar-refractivity contribution in [1.29, 1.82) is 0 Å². The van der Waals surface area contributed by atoms with E-state index in [9.17, 15) is 18.0 Å². The summed E-state index contributed by atoms with van der Waals surface area (Å²) in [6.45, 7) is 3.27. The average molecular weight is 433 g/mol. The van der Waals surface area contributed by atoms with Crippen LogP contribution in [-0.2, 0) is 14.8 Å². The lowest BCUT2D eigenvalue weighted by molar-refractivity contribution is -0.116. The Morgan fingerprint density at radius 2 is 1.80 bits per heavy atom. The SMILES string of the molecule is CCOc1ccc(N2CCN(CC(=O)Nc3cccc(NS(C)(=O)=O)c3)C2=O)cc1. The maximum atomic E-state index is 12.7. The molecule has 9 nitrogen and oxygen atoms in total. The molecule has 0 bridgehead atoms. The summed E-state index contributed by atoms with van der Waals surface area (Å²) >= 11 is 0. The zero-order valence-corrected chi connectivity index (χ0v) is 17.6. The molecule has 0 radical (unpaired) electrons. The van der Waals surface area contributed by atoms with Crippen LogP contribution in [0.1, 0.15) is 6.92 Å². The van der Waals surface area contributed by atoms with Gasteiger partial charge in [0.25, 0.3) is 0 Å². The van der Waals surface area contributed by atoms with E-state index in [0.29, 0.717) is 31.1 Å². The van der Waals surface area contributed by atoms with Crippen molar-refractivity contribution in [3.63, 3.8) is 0 Å².